The zero-order valence-electron chi connectivity index (χ0n) is 18.7. The first-order chi connectivity index (χ1) is 16.0. The third-order valence-electron chi connectivity index (χ3n) is 6.50. The van der Waals surface area contributed by atoms with Crippen molar-refractivity contribution in [1.29, 1.82) is 0 Å². The Bertz CT molecular complexity index is 1220. The lowest BCUT2D eigenvalue weighted by atomic mass is 9.92. The van der Waals surface area contributed by atoms with Crippen LogP contribution < -0.4 is 4.90 Å². The molecule has 0 spiro atoms. The van der Waals surface area contributed by atoms with Gasteiger partial charge in [0.15, 0.2) is 0 Å². The molecular weight excluding hydrogens is 416 g/mol. The van der Waals surface area contributed by atoms with Crippen LogP contribution in [0.25, 0.3) is 10.8 Å². The van der Waals surface area contributed by atoms with E-state index in [-0.39, 0.29) is 25.0 Å². The van der Waals surface area contributed by atoms with E-state index in [9.17, 15) is 14.4 Å². The number of nitrogens with zero attached hydrogens (tertiary/aromatic N) is 2. The number of hydrogen-bond acceptors (Lipinski definition) is 5. The first-order valence-electron chi connectivity index (χ1n) is 11.5. The van der Waals surface area contributed by atoms with E-state index >= 15 is 0 Å². The number of hydrogen-bond donors (Lipinski definition) is 0. The second kappa shape index (κ2) is 8.70. The van der Waals surface area contributed by atoms with E-state index in [1.165, 1.54) is 11.3 Å². The molecule has 2 amide bonds. The fourth-order valence-corrected chi connectivity index (χ4v) is 4.75. The third-order valence-corrected chi connectivity index (χ3v) is 6.50. The van der Waals surface area contributed by atoms with Gasteiger partial charge in [-0.25, -0.2) is 4.79 Å². The molecule has 3 aromatic carbocycles. The van der Waals surface area contributed by atoms with Crippen molar-refractivity contribution in [2.24, 2.45) is 0 Å². The number of benzene rings is 3. The van der Waals surface area contributed by atoms with Crippen molar-refractivity contribution in [1.82, 2.24) is 4.90 Å². The van der Waals surface area contributed by atoms with Crippen molar-refractivity contribution in [3.05, 3.63) is 76.9 Å². The molecule has 2 aliphatic rings. The summed E-state index contributed by atoms with van der Waals surface area (Å²) < 4.78 is 5.34. The standard InChI is InChI=1S/C27H26N2O4/c1-18-8-10-19(11-9-18)27(32)33-17-16-29-25(30)21-7-5-6-20-23(28-14-3-2-4-15-28)13-12-22(24(20)21)26(29)31/h5-13H,2-4,14-17H2,1H3. The topological polar surface area (TPSA) is 66.9 Å². The molecule has 0 aliphatic carbocycles. The number of imide groups is 1. The maximum absolute atomic E-state index is 13.2. The molecule has 33 heavy (non-hydrogen) atoms. The fourth-order valence-electron chi connectivity index (χ4n) is 4.75. The number of aryl methyl sites for hydroxylation is 1. The predicted molar refractivity (Wildman–Crippen MR) is 127 cm³/mol. The molecule has 1 saturated heterocycles. The van der Waals surface area contributed by atoms with Gasteiger partial charge in [0.1, 0.15) is 6.61 Å². The summed E-state index contributed by atoms with van der Waals surface area (Å²) in [6, 6.07) is 16.5. The van der Waals surface area contributed by atoms with Gasteiger partial charge in [0.05, 0.1) is 12.1 Å². The Labute approximate surface area is 192 Å². The van der Waals surface area contributed by atoms with Gasteiger partial charge in [-0.05, 0) is 56.5 Å². The molecule has 5 rings (SSSR count). The highest BCUT2D eigenvalue weighted by Crippen LogP contribution is 2.36. The summed E-state index contributed by atoms with van der Waals surface area (Å²) in [6.45, 7) is 3.87. The summed E-state index contributed by atoms with van der Waals surface area (Å²) in [5.74, 6) is -1.17. The van der Waals surface area contributed by atoms with Gasteiger partial charge in [-0.1, -0.05) is 29.8 Å². The van der Waals surface area contributed by atoms with Crippen LogP contribution in [0.2, 0.25) is 0 Å². The van der Waals surface area contributed by atoms with Crippen LogP contribution in [0.3, 0.4) is 0 Å². The normalized spacial score (nSPS) is 15.8. The molecule has 0 atom stereocenters. The van der Waals surface area contributed by atoms with E-state index in [2.05, 4.69) is 4.90 Å². The summed E-state index contributed by atoms with van der Waals surface area (Å²) in [7, 11) is 0. The molecular formula is C27H26N2O4. The summed E-state index contributed by atoms with van der Waals surface area (Å²) >= 11 is 0. The summed E-state index contributed by atoms with van der Waals surface area (Å²) in [6.07, 6.45) is 3.53. The maximum atomic E-state index is 13.2. The van der Waals surface area contributed by atoms with Gasteiger partial charge >= 0.3 is 5.97 Å². The van der Waals surface area contributed by atoms with Crippen LogP contribution in [0.4, 0.5) is 5.69 Å². The Morgan fingerprint density at radius 3 is 2.30 bits per heavy atom. The smallest absolute Gasteiger partial charge is 0.338 e. The fraction of sp³-hybridized carbons (Fsp3) is 0.296. The number of esters is 1. The largest absolute Gasteiger partial charge is 0.460 e. The maximum Gasteiger partial charge on any atom is 0.338 e. The lowest BCUT2D eigenvalue weighted by Crippen LogP contribution is -2.42. The third kappa shape index (κ3) is 3.86. The Balaban J connectivity index is 1.37. The van der Waals surface area contributed by atoms with Gasteiger partial charge in [-0.2, -0.15) is 0 Å². The van der Waals surface area contributed by atoms with Crippen LogP contribution in [0.15, 0.2) is 54.6 Å². The van der Waals surface area contributed by atoms with Crippen LogP contribution in [0.5, 0.6) is 0 Å². The molecule has 2 heterocycles. The van der Waals surface area contributed by atoms with Gasteiger partial charge in [0, 0.05) is 40.7 Å². The molecule has 0 unspecified atom stereocenters. The number of carbonyl (C=O) groups excluding carboxylic acids is 3. The molecule has 0 aromatic heterocycles. The van der Waals surface area contributed by atoms with Crippen molar-refractivity contribution < 1.29 is 19.1 Å². The van der Waals surface area contributed by atoms with Crippen LogP contribution in [0.1, 0.15) is 55.9 Å². The van der Waals surface area contributed by atoms with Gasteiger partial charge in [0.25, 0.3) is 11.8 Å². The van der Waals surface area contributed by atoms with Crippen molar-refractivity contribution in [2.45, 2.75) is 26.2 Å². The predicted octanol–water partition coefficient (Wildman–Crippen LogP) is 4.59. The van der Waals surface area contributed by atoms with E-state index in [4.69, 9.17) is 4.74 Å². The Kier molecular flexibility index (Phi) is 5.58. The molecule has 0 radical (unpaired) electrons. The van der Waals surface area contributed by atoms with Crippen LogP contribution in [-0.2, 0) is 4.74 Å². The Morgan fingerprint density at radius 1 is 0.879 bits per heavy atom. The number of ether oxygens (including phenoxy) is 1. The monoisotopic (exact) mass is 442 g/mol. The first kappa shape index (κ1) is 21.2. The molecule has 6 heteroatoms. The number of carbonyl (C=O) groups is 3. The highest BCUT2D eigenvalue weighted by atomic mass is 16.5. The molecule has 0 N–H and O–H groups in total. The zero-order chi connectivity index (χ0) is 22.9. The second-order valence-corrected chi connectivity index (χ2v) is 8.67. The number of piperidine rings is 1. The number of anilines is 1. The van der Waals surface area contributed by atoms with Crippen molar-refractivity contribution in [3.8, 4) is 0 Å². The second-order valence-electron chi connectivity index (χ2n) is 8.67. The minimum Gasteiger partial charge on any atom is -0.460 e. The Hall–Kier alpha value is -3.67. The number of amides is 2. The highest BCUT2D eigenvalue weighted by molar-refractivity contribution is 6.26. The Morgan fingerprint density at radius 2 is 1.58 bits per heavy atom. The van der Waals surface area contributed by atoms with Gasteiger partial charge < -0.3 is 9.64 Å². The summed E-state index contributed by atoms with van der Waals surface area (Å²) in [4.78, 5) is 42.3. The van der Waals surface area contributed by atoms with Gasteiger partial charge in [-0.15, -0.1) is 0 Å². The van der Waals surface area contributed by atoms with E-state index in [1.807, 2.05) is 43.3 Å². The van der Waals surface area contributed by atoms with Crippen LogP contribution in [0, 0.1) is 6.92 Å². The van der Waals surface area contributed by atoms with E-state index < -0.39 is 5.97 Å². The lowest BCUT2D eigenvalue weighted by molar-refractivity contribution is 0.0405. The van der Waals surface area contributed by atoms with Crippen LogP contribution in [-0.4, -0.2) is 48.9 Å². The van der Waals surface area contributed by atoms with Crippen molar-refractivity contribution in [2.75, 3.05) is 31.1 Å². The molecule has 3 aromatic rings. The summed E-state index contributed by atoms with van der Waals surface area (Å²) in [5.41, 5.74) is 3.61. The minimum absolute atomic E-state index is 0.0129. The quantitative estimate of drug-likeness (QED) is 0.427. The van der Waals surface area contributed by atoms with Crippen molar-refractivity contribution >= 4 is 34.2 Å². The molecule has 6 nitrogen and oxygen atoms in total. The first-order valence-corrected chi connectivity index (χ1v) is 11.5. The zero-order valence-corrected chi connectivity index (χ0v) is 18.7. The SMILES string of the molecule is Cc1ccc(C(=O)OCCN2C(=O)c3cccc4c(N5CCCCC5)ccc(c34)C2=O)cc1. The van der Waals surface area contributed by atoms with Crippen LogP contribution >= 0.6 is 0 Å². The van der Waals surface area contributed by atoms with E-state index in [0.717, 1.165) is 48.0 Å². The molecule has 0 bridgehead atoms. The van der Waals surface area contributed by atoms with Gasteiger partial charge in [-0.3, -0.25) is 14.5 Å². The molecule has 1 fully saturated rings. The molecule has 2 aliphatic heterocycles. The average molecular weight is 443 g/mol. The van der Waals surface area contributed by atoms with E-state index in [0.29, 0.717) is 16.7 Å². The summed E-state index contributed by atoms with van der Waals surface area (Å²) in [5, 5.41) is 1.67. The average Bonchev–Trinajstić information content (AvgIpc) is 2.85. The van der Waals surface area contributed by atoms with Crippen molar-refractivity contribution in [3.63, 3.8) is 0 Å². The molecule has 0 saturated carbocycles. The minimum atomic E-state index is -0.472. The van der Waals surface area contributed by atoms with Gasteiger partial charge in [0.2, 0.25) is 0 Å². The lowest BCUT2D eigenvalue weighted by Gasteiger charge is -2.32. The molecule has 168 valence electrons. The highest BCUT2D eigenvalue weighted by Gasteiger charge is 2.33. The van der Waals surface area contributed by atoms with E-state index in [1.54, 1.807) is 18.2 Å². The number of rotatable bonds is 5.